The normalized spacial score (nSPS) is 11.1. The average molecular weight is 396 g/mol. The zero-order valence-electron chi connectivity index (χ0n) is 15.8. The van der Waals surface area contributed by atoms with E-state index in [4.69, 9.17) is 4.74 Å². The van der Waals surface area contributed by atoms with E-state index in [0.29, 0.717) is 22.7 Å². The average Bonchev–Trinajstić information content (AvgIpc) is 2.68. The number of carbonyl (C=O) groups excluding carboxylic acids is 1. The number of aryl methyl sites for hydroxylation is 1. The van der Waals surface area contributed by atoms with Crippen molar-refractivity contribution >= 4 is 21.7 Å². The number of hydrogen-bond acceptors (Lipinski definition) is 5. The molecule has 0 radical (unpaired) electrons. The van der Waals surface area contributed by atoms with Gasteiger partial charge in [-0.3, -0.25) is 9.29 Å². The Bertz CT molecular complexity index is 1100. The van der Waals surface area contributed by atoms with Crippen LogP contribution in [0.15, 0.2) is 66.7 Å². The lowest BCUT2D eigenvalue weighted by Crippen LogP contribution is -2.24. The summed E-state index contributed by atoms with van der Waals surface area (Å²) in [5.74, 6) is -0.198. The fourth-order valence-corrected chi connectivity index (χ4v) is 3.13. The molecule has 0 aliphatic heterocycles. The van der Waals surface area contributed by atoms with Gasteiger partial charge >= 0.3 is 5.97 Å². The molecule has 0 aliphatic rings. The van der Waals surface area contributed by atoms with Gasteiger partial charge in [0.25, 0.3) is 0 Å². The molecule has 0 bridgehead atoms. The molecule has 0 atom stereocenters. The maximum Gasteiger partial charge on any atom is 0.345 e. The molecule has 7 heteroatoms. The van der Waals surface area contributed by atoms with E-state index in [1.54, 1.807) is 43.3 Å². The van der Waals surface area contributed by atoms with Crippen LogP contribution in [0, 0.1) is 6.92 Å². The fourth-order valence-electron chi connectivity index (χ4n) is 2.62. The number of rotatable bonds is 5. The second-order valence-electron chi connectivity index (χ2n) is 6.31. The van der Waals surface area contributed by atoms with Gasteiger partial charge < -0.3 is 4.74 Å². The van der Waals surface area contributed by atoms with Gasteiger partial charge in [0.15, 0.2) is 0 Å². The summed E-state index contributed by atoms with van der Waals surface area (Å²) in [5.41, 5.74) is 3.17. The van der Waals surface area contributed by atoms with Gasteiger partial charge in [-0.05, 0) is 43.3 Å². The van der Waals surface area contributed by atoms with Crippen molar-refractivity contribution in [2.24, 2.45) is 0 Å². The van der Waals surface area contributed by atoms with E-state index in [0.717, 1.165) is 21.8 Å². The summed E-state index contributed by atoms with van der Waals surface area (Å²) in [4.78, 5) is 17.0. The molecule has 0 amide bonds. The number of carbonyl (C=O) groups is 1. The predicted octanol–water partition coefficient (Wildman–Crippen LogP) is 3.67. The molecule has 2 aromatic carbocycles. The Kier molecular flexibility index (Phi) is 5.46. The molecule has 1 heterocycles. The predicted molar refractivity (Wildman–Crippen MR) is 109 cm³/mol. The first-order chi connectivity index (χ1) is 13.3. The maximum atomic E-state index is 12.5. The topological polar surface area (TPSA) is 76.6 Å². The molecule has 28 heavy (non-hydrogen) atoms. The van der Waals surface area contributed by atoms with Gasteiger partial charge in [0, 0.05) is 12.6 Å². The molecule has 0 aliphatic carbocycles. The van der Waals surface area contributed by atoms with E-state index in [1.807, 2.05) is 30.3 Å². The van der Waals surface area contributed by atoms with Crippen molar-refractivity contribution in [3.8, 4) is 17.0 Å². The number of ether oxygens (including phenoxy) is 1. The van der Waals surface area contributed by atoms with Crippen LogP contribution in [0.4, 0.5) is 5.69 Å². The highest BCUT2D eigenvalue weighted by molar-refractivity contribution is 7.92. The largest absolute Gasteiger partial charge is 0.423 e. The van der Waals surface area contributed by atoms with Crippen molar-refractivity contribution in [1.29, 1.82) is 0 Å². The van der Waals surface area contributed by atoms with Gasteiger partial charge in [-0.15, -0.1) is 0 Å². The number of hydrogen-bond donors (Lipinski definition) is 0. The summed E-state index contributed by atoms with van der Waals surface area (Å²) >= 11 is 0. The summed E-state index contributed by atoms with van der Waals surface area (Å²) in [6.45, 7) is 1.76. The van der Waals surface area contributed by atoms with Gasteiger partial charge in [-0.2, -0.15) is 0 Å². The lowest BCUT2D eigenvalue weighted by Gasteiger charge is -2.16. The van der Waals surface area contributed by atoms with Crippen LogP contribution in [0.3, 0.4) is 0 Å². The van der Waals surface area contributed by atoms with E-state index in [2.05, 4.69) is 4.98 Å². The van der Waals surface area contributed by atoms with E-state index in [1.165, 1.54) is 7.05 Å². The van der Waals surface area contributed by atoms with Crippen LogP contribution in [0.1, 0.15) is 16.1 Å². The van der Waals surface area contributed by atoms with E-state index >= 15 is 0 Å². The summed E-state index contributed by atoms with van der Waals surface area (Å²) in [5, 5.41) is 0. The third-order valence-corrected chi connectivity index (χ3v) is 5.49. The van der Waals surface area contributed by atoms with E-state index in [-0.39, 0.29) is 0 Å². The molecular weight excluding hydrogens is 376 g/mol. The molecular formula is C21H20N2O4S. The summed E-state index contributed by atoms with van der Waals surface area (Å²) in [7, 11) is -1.89. The molecule has 0 spiro atoms. The summed E-state index contributed by atoms with van der Waals surface area (Å²) in [6, 6.07) is 19.4. The Balaban J connectivity index is 1.76. The van der Waals surface area contributed by atoms with Gasteiger partial charge in [0.2, 0.25) is 10.0 Å². The van der Waals surface area contributed by atoms with Crippen LogP contribution in [-0.4, -0.2) is 32.7 Å². The van der Waals surface area contributed by atoms with Crippen LogP contribution >= 0.6 is 0 Å². The van der Waals surface area contributed by atoms with Crippen LogP contribution in [0.2, 0.25) is 0 Å². The highest BCUT2D eigenvalue weighted by Gasteiger charge is 2.15. The molecule has 144 valence electrons. The number of nitrogens with zero attached hydrogens (tertiary/aromatic N) is 2. The molecule has 0 N–H and O–H groups in total. The molecule has 6 nitrogen and oxygen atoms in total. The van der Waals surface area contributed by atoms with Crippen molar-refractivity contribution in [1.82, 2.24) is 4.98 Å². The quantitative estimate of drug-likeness (QED) is 0.486. The monoisotopic (exact) mass is 396 g/mol. The Morgan fingerprint density at radius 2 is 1.61 bits per heavy atom. The molecule has 0 saturated carbocycles. The van der Waals surface area contributed by atoms with Crippen molar-refractivity contribution in [3.05, 3.63) is 78.0 Å². The van der Waals surface area contributed by atoms with Crippen molar-refractivity contribution < 1.29 is 17.9 Å². The Hall–Kier alpha value is -3.19. The lowest BCUT2D eigenvalue weighted by atomic mass is 10.1. The minimum Gasteiger partial charge on any atom is -0.423 e. The van der Waals surface area contributed by atoms with Gasteiger partial charge in [-0.25, -0.2) is 13.2 Å². The zero-order valence-corrected chi connectivity index (χ0v) is 16.6. The molecule has 3 aromatic rings. The maximum absolute atomic E-state index is 12.5. The highest BCUT2D eigenvalue weighted by atomic mass is 32.2. The van der Waals surface area contributed by atoms with Crippen molar-refractivity contribution in [2.75, 3.05) is 17.6 Å². The summed E-state index contributed by atoms with van der Waals surface area (Å²) in [6.07, 6.45) is 1.12. The molecule has 0 fully saturated rings. The first-order valence-corrected chi connectivity index (χ1v) is 10.4. The Labute approximate surface area is 164 Å². The standard InChI is InChI=1S/C21H20N2O4S/c1-15-19(13-14-20(22-15)16-7-5-4-6-8-16)21(24)27-18-11-9-17(10-12-18)23(2)28(3,25)26/h4-14H,1-3H3. The lowest BCUT2D eigenvalue weighted by molar-refractivity contribution is 0.0733. The smallest absolute Gasteiger partial charge is 0.345 e. The second-order valence-corrected chi connectivity index (χ2v) is 8.32. The Morgan fingerprint density at radius 1 is 0.964 bits per heavy atom. The van der Waals surface area contributed by atoms with Crippen molar-refractivity contribution in [3.63, 3.8) is 0 Å². The summed E-state index contributed by atoms with van der Waals surface area (Å²) < 4.78 is 29.7. The Morgan fingerprint density at radius 3 is 2.18 bits per heavy atom. The molecule has 0 saturated heterocycles. The van der Waals surface area contributed by atoms with Crippen LogP contribution in [0.25, 0.3) is 11.3 Å². The first-order valence-electron chi connectivity index (χ1n) is 8.55. The second kappa shape index (κ2) is 7.82. The highest BCUT2D eigenvalue weighted by Crippen LogP contribution is 2.23. The third-order valence-electron chi connectivity index (χ3n) is 4.28. The molecule has 3 rings (SSSR count). The minimum absolute atomic E-state index is 0.321. The van der Waals surface area contributed by atoms with Crippen LogP contribution in [-0.2, 0) is 10.0 Å². The number of esters is 1. The van der Waals surface area contributed by atoms with Crippen molar-refractivity contribution in [2.45, 2.75) is 6.92 Å². The number of anilines is 1. The number of benzene rings is 2. The molecule has 1 aromatic heterocycles. The fraction of sp³-hybridized carbons (Fsp3) is 0.143. The minimum atomic E-state index is -3.35. The van der Waals surface area contributed by atoms with Gasteiger partial charge in [0.1, 0.15) is 5.75 Å². The van der Waals surface area contributed by atoms with E-state index < -0.39 is 16.0 Å². The zero-order chi connectivity index (χ0) is 20.3. The van der Waals surface area contributed by atoms with E-state index in [9.17, 15) is 13.2 Å². The number of aromatic nitrogens is 1. The van der Waals surface area contributed by atoms with Gasteiger partial charge in [-0.1, -0.05) is 30.3 Å². The van der Waals surface area contributed by atoms with Crippen LogP contribution < -0.4 is 9.04 Å². The number of sulfonamides is 1. The first kappa shape index (κ1) is 19.6. The van der Waals surface area contributed by atoms with Gasteiger partial charge in [0.05, 0.1) is 28.9 Å². The third kappa shape index (κ3) is 4.37. The molecule has 0 unspecified atom stereocenters. The SMILES string of the molecule is Cc1nc(-c2ccccc2)ccc1C(=O)Oc1ccc(N(C)S(C)(=O)=O)cc1. The number of pyridine rings is 1. The van der Waals surface area contributed by atoms with Crippen LogP contribution in [0.5, 0.6) is 5.75 Å².